The molecular formula is C20H15BrIN5O2S. The van der Waals surface area contributed by atoms with Crippen molar-refractivity contribution in [3.63, 3.8) is 0 Å². The van der Waals surface area contributed by atoms with Crippen LogP contribution in [0.5, 0.6) is 11.5 Å². The molecule has 0 aliphatic carbocycles. The second-order valence-electron chi connectivity index (χ2n) is 6.65. The number of ether oxygens (including phenoxy) is 2. The standard InChI is InChI=1S/C20H15BrIN5O2S/c21-13-7-14-15(29-10-28-14)8-16(13)30-20-25-17-18(23)24-9-27(19(17)26-20)5-4-11-2-1-3-12(22)6-11/h1-3,6-9,23H,4-5,10H2,(H,25,26). The molecule has 4 aromatic rings. The molecule has 0 amide bonds. The first-order valence-electron chi connectivity index (χ1n) is 9.08. The highest BCUT2D eigenvalue weighted by molar-refractivity contribution is 14.1. The van der Waals surface area contributed by atoms with Crippen LogP contribution < -0.4 is 15.0 Å². The monoisotopic (exact) mass is 595 g/mol. The lowest BCUT2D eigenvalue weighted by atomic mass is 10.1. The van der Waals surface area contributed by atoms with E-state index >= 15 is 0 Å². The Labute approximate surface area is 198 Å². The fourth-order valence-electron chi connectivity index (χ4n) is 3.20. The molecule has 30 heavy (non-hydrogen) atoms. The van der Waals surface area contributed by atoms with E-state index in [0.29, 0.717) is 16.4 Å². The lowest BCUT2D eigenvalue weighted by Crippen LogP contribution is -2.13. The highest BCUT2D eigenvalue weighted by Gasteiger charge is 2.18. The van der Waals surface area contributed by atoms with Gasteiger partial charge in [0.2, 0.25) is 6.79 Å². The predicted octanol–water partition coefficient (Wildman–Crippen LogP) is 4.73. The minimum absolute atomic E-state index is 0.180. The Hall–Kier alpha value is -2.05. The summed E-state index contributed by atoms with van der Waals surface area (Å²) in [6, 6.07) is 12.3. The molecule has 0 bridgehead atoms. The van der Waals surface area contributed by atoms with Crippen molar-refractivity contribution in [2.75, 3.05) is 6.79 Å². The van der Waals surface area contributed by atoms with Crippen LogP contribution in [-0.4, -0.2) is 26.3 Å². The molecular weight excluding hydrogens is 581 g/mol. The van der Waals surface area contributed by atoms with Gasteiger partial charge in [-0.2, -0.15) is 0 Å². The zero-order valence-electron chi connectivity index (χ0n) is 15.5. The molecule has 5 rings (SSSR count). The van der Waals surface area contributed by atoms with Crippen molar-refractivity contribution in [2.45, 2.75) is 23.0 Å². The van der Waals surface area contributed by atoms with Gasteiger partial charge in [0.15, 0.2) is 27.8 Å². The highest BCUT2D eigenvalue weighted by Crippen LogP contribution is 2.42. The number of aromatic nitrogens is 4. The molecule has 0 atom stereocenters. The van der Waals surface area contributed by atoms with Gasteiger partial charge in [0.05, 0.1) is 6.33 Å². The van der Waals surface area contributed by atoms with Crippen molar-refractivity contribution in [2.24, 2.45) is 0 Å². The Kier molecular flexibility index (Phi) is 5.46. The number of halogens is 2. The number of nitrogens with one attached hydrogen (secondary N) is 2. The zero-order valence-corrected chi connectivity index (χ0v) is 20.0. The summed E-state index contributed by atoms with van der Waals surface area (Å²) in [6.45, 7) is 0.960. The molecule has 0 saturated carbocycles. The van der Waals surface area contributed by atoms with Crippen LogP contribution in [0.25, 0.3) is 11.2 Å². The lowest BCUT2D eigenvalue weighted by Gasteiger charge is -2.07. The van der Waals surface area contributed by atoms with Gasteiger partial charge in [0, 0.05) is 19.5 Å². The van der Waals surface area contributed by atoms with Gasteiger partial charge in [0.1, 0.15) is 5.52 Å². The first-order valence-corrected chi connectivity index (χ1v) is 11.8. The van der Waals surface area contributed by atoms with Gasteiger partial charge in [-0.05, 0) is 74.8 Å². The molecule has 0 radical (unpaired) electrons. The fourth-order valence-corrected chi connectivity index (χ4v) is 5.19. The van der Waals surface area contributed by atoms with E-state index in [-0.39, 0.29) is 12.3 Å². The Morgan fingerprint density at radius 2 is 2.07 bits per heavy atom. The summed E-state index contributed by atoms with van der Waals surface area (Å²) in [6.07, 6.45) is 2.54. The van der Waals surface area contributed by atoms with E-state index in [1.807, 2.05) is 16.7 Å². The Morgan fingerprint density at radius 3 is 2.90 bits per heavy atom. The molecule has 3 heterocycles. The number of aryl methyl sites for hydroxylation is 2. The van der Waals surface area contributed by atoms with Gasteiger partial charge < -0.3 is 19.0 Å². The van der Waals surface area contributed by atoms with Crippen LogP contribution in [0, 0.1) is 8.98 Å². The molecule has 1 aliphatic rings. The second kappa shape index (κ2) is 8.23. The van der Waals surface area contributed by atoms with Crippen LogP contribution >= 0.6 is 50.3 Å². The maximum Gasteiger partial charge on any atom is 0.231 e. The first kappa shape index (κ1) is 19.9. The van der Waals surface area contributed by atoms with Crippen LogP contribution in [-0.2, 0) is 13.0 Å². The number of fused-ring (bicyclic) bond motifs is 2. The lowest BCUT2D eigenvalue weighted by molar-refractivity contribution is 0.174. The van der Waals surface area contributed by atoms with E-state index in [0.717, 1.165) is 33.7 Å². The molecule has 2 N–H and O–H groups in total. The summed E-state index contributed by atoms with van der Waals surface area (Å²) in [5.74, 6) is 1.44. The maximum absolute atomic E-state index is 8.17. The average molecular weight is 596 g/mol. The third kappa shape index (κ3) is 3.95. The number of hydrogen-bond acceptors (Lipinski definition) is 6. The smallest absolute Gasteiger partial charge is 0.231 e. The van der Waals surface area contributed by atoms with Crippen LogP contribution in [0.3, 0.4) is 0 Å². The van der Waals surface area contributed by atoms with Gasteiger partial charge in [-0.25, -0.2) is 9.97 Å². The first-order chi connectivity index (χ1) is 14.6. The van der Waals surface area contributed by atoms with Crippen molar-refractivity contribution >= 4 is 61.4 Å². The van der Waals surface area contributed by atoms with E-state index in [9.17, 15) is 0 Å². The Bertz CT molecular complexity index is 1320. The molecule has 2 aromatic heterocycles. The van der Waals surface area contributed by atoms with E-state index < -0.39 is 0 Å². The Balaban J connectivity index is 1.44. The molecule has 10 heteroatoms. The normalized spacial score (nSPS) is 12.6. The van der Waals surface area contributed by atoms with Gasteiger partial charge in [0.25, 0.3) is 0 Å². The van der Waals surface area contributed by atoms with E-state index in [2.05, 4.69) is 72.8 Å². The quantitative estimate of drug-likeness (QED) is 0.326. The number of nitrogens with zero attached hydrogens (tertiary/aromatic N) is 3. The van der Waals surface area contributed by atoms with Crippen molar-refractivity contribution in [3.05, 3.63) is 61.8 Å². The number of H-pyrrole nitrogens is 1. The summed E-state index contributed by atoms with van der Waals surface area (Å²) >= 11 is 7.37. The summed E-state index contributed by atoms with van der Waals surface area (Å²) in [4.78, 5) is 13.2. The van der Waals surface area contributed by atoms with Gasteiger partial charge in [-0.1, -0.05) is 23.9 Å². The SMILES string of the molecule is N=c1ncn(CCc2cccc(I)c2)c2nc(Sc3cc4c(cc3Br)OCO4)[nH]c12. The molecule has 152 valence electrons. The van der Waals surface area contributed by atoms with Crippen LogP contribution in [0.4, 0.5) is 0 Å². The summed E-state index contributed by atoms with van der Waals surface area (Å²) in [5.41, 5.74) is 2.78. The average Bonchev–Trinajstić information content (AvgIpc) is 3.35. The van der Waals surface area contributed by atoms with Crippen LogP contribution in [0.1, 0.15) is 5.56 Å². The van der Waals surface area contributed by atoms with E-state index in [1.165, 1.54) is 20.9 Å². The Morgan fingerprint density at radius 1 is 1.23 bits per heavy atom. The third-order valence-electron chi connectivity index (χ3n) is 4.66. The number of rotatable bonds is 5. The zero-order chi connectivity index (χ0) is 20.7. The molecule has 0 saturated heterocycles. The molecule has 1 aliphatic heterocycles. The fraction of sp³-hybridized carbons (Fsp3) is 0.150. The van der Waals surface area contributed by atoms with Crippen molar-refractivity contribution in [1.82, 2.24) is 19.5 Å². The van der Waals surface area contributed by atoms with Gasteiger partial charge in [-0.3, -0.25) is 5.41 Å². The summed E-state index contributed by atoms with van der Waals surface area (Å²) in [7, 11) is 0. The topological polar surface area (TPSA) is 88.8 Å². The predicted molar refractivity (Wildman–Crippen MR) is 125 cm³/mol. The maximum atomic E-state index is 8.17. The minimum atomic E-state index is 0.180. The molecule has 0 fully saturated rings. The molecule has 7 nitrogen and oxygen atoms in total. The van der Waals surface area contributed by atoms with Crippen molar-refractivity contribution < 1.29 is 9.47 Å². The van der Waals surface area contributed by atoms with E-state index in [1.54, 1.807) is 6.33 Å². The van der Waals surface area contributed by atoms with Crippen molar-refractivity contribution in [3.8, 4) is 11.5 Å². The van der Waals surface area contributed by atoms with Gasteiger partial charge >= 0.3 is 0 Å². The number of hydrogen-bond donors (Lipinski definition) is 2. The molecule has 2 aromatic carbocycles. The number of imidazole rings is 1. The van der Waals surface area contributed by atoms with Crippen LogP contribution in [0.2, 0.25) is 0 Å². The highest BCUT2D eigenvalue weighted by atomic mass is 127. The third-order valence-corrected chi connectivity index (χ3v) is 7.20. The van der Waals surface area contributed by atoms with Gasteiger partial charge in [-0.15, -0.1) is 0 Å². The second-order valence-corrected chi connectivity index (χ2v) is 9.78. The summed E-state index contributed by atoms with van der Waals surface area (Å²) in [5, 5.41) is 8.86. The molecule has 0 spiro atoms. The summed E-state index contributed by atoms with van der Waals surface area (Å²) < 4.78 is 15.0. The molecule has 0 unspecified atom stereocenters. The van der Waals surface area contributed by atoms with Crippen molar-refractivity contribution in [1.29, 1.82) is 5.41 Å². The van der Waals surface area contributed by atoms with E-state index in [4.69, 9.17) is 19.9 Å². The largest absolute Gasteiger partial charge is 0.454 e. The number of aromatic amines is 1. The number of benzene rings is 2. The van der Waals surface area contributed by atoms with Crippen LogP contribution in [0.15, 0.2) is 57.3 Å². The minimum Gasteiger partial charge on any atom is -0.454 e.